The predicted molar refractivity (Wildman–Crippen MR) is 201 cm³/mol. The second kappa shape index (κ2) is 19.4. The number of non-ortho nitro benzene ring substituents is 1. The van der Waals surface area contributed by atoms with Gasteiger partial charge in [0.15, 0.2) is 0 Å². The Morgan fingerprint density at radius 2 is 1.52 bits per heavy atom. The van der Waals surface area contributed by atoms with Crippen LogP contribution in [0.5, 0.6) is 11.5 Å². The number of amides is 1. The number of aromatic carboxylic acids is 1. The fourth-order valence-electron chi connectivity index (χ4n) is 6.14. The van der Waals surface area contributed by atoms with Crippen molar-refractivity contribution in [2.75, 3.05) is 19.6 Å². The van der Waals surface area contributed by atoms with E-state index >= 15 is 0 Å². The molecule has 3 aromatic carbocycles. The van der Waals surface area contributed by atoms with Crippen molar-refractivity contribution in [1.82, 2.24) is 10.2 Å². The van der Waals surface area contributed by atoms with Gasteiger partial charge in [-0.05, 0) is 61.2 Å². The number of hydrogen-bond acceptors (Lipinski definition) is 15. The van der Waals surface area contributed by atoms with Crippen molar-refractivity contribution < 1.29 is 79.9 Å². The third kappa shape index (κ3) is 10.5. The minimum Gasteiger partial charge on any atom is -0.549 e. The maximum atomic E-state index is 13.4. The second-order valence-corrected chi connectivity index (χ2v) is 13.4. The zero-order valence-electron chi connectivity index (χ0n) is 30.1. The average molecular weight is 912 g/mol. The number of carboxylic acids is 4. The van der Waals surface area contributed by atoms with E-state index in [1.165, 1.54) is 30.3 Å². The predicted octanol–water partition coefficient (Wildman–Crippen LogP) is 3.33. The van der Waals surface area contributed by atoms with Crippen LogP contribution in [0.1, 0.15) is 40.0 Å². The Balaban J connectivity index is 0.00000794. The van der Waals surface area contributed by atoms with Gasteiger partial charge in [-0.15, -0.1) is 0 Å². The van der Waals surface area contributed by atoms with E-state index in [-0.39, 0.29) is 103 Å². The summed E-state index contributed by atoms with van der Waals surface area (Å²) < 4.78 is 11.7. The number of ether oxygens (including phenoxy) is 1. The van der Waals surface area contributed by atoms with Gasteiger partial charge in [0.2, 0.25) is 11.2 Å². The van der Waals surface area contributed by atoms with Crippen molar-refractivity contribution in [2.24, 2.45) is 0 Å². The van der Waals surface area contributed by atoms with Gasteiger partial charge in [-0.1, -0.05) is 23.2 Å². The number of hydrogen-bond donors (Lipinski definition) is 3. The number of carboxylic acid groups (broad SMARTS) is 4. The Morgan fingerprint density at radius 3 is 2.12 bits per heavy atom. The minimum atomic E-state index is -1.70. The normalized spacial score (nSPS) is 11.4. The molecule has 0 radical (unpaired) electrons. The third-order valence-electron chi connectivity index (χ3n) is 8.76. The summed E-state index contributed by atoms with van der Waals surface area (Å²) in [4.78, 5) is 94.4. The van der Waals surface area contributed by atoms with Gasteiger partial charge < -0.3 is 44.5 Å². The van der Waals surface area contributed by atoms with Crippen LogP contribution in [-0.4, -0.2) is 80.4 Å². The van der Waals surface area contributed by atoms with Gasteiger partial charge in [0, 0.05) is 59.9 Å². The Bertz CT molecular complexity index is 2590. The number of nitrogens with zero attached hydrogens (tertiary/aromatic N) is 3. The Morgan fingerprint density at radius 1 is 0.833 bits per heavy atom. The number of fused-ring (bicyclic) bond motifs is 2. The van der Waals surface area contributed by atoms with Crippen LogP contribution in [0.25, 0.3) is 33.4 Å². The van der Waals surface area contributed by atoms with Crippen molar-refractivity contribution in [1.29, 1.82) is 0 Å². The molecule has 23 heteroatoms. The summed E-state index contributed by atoms with van der Waals surface area (Å²) >= 11 is 12.8. The molecule has 314 valence electrons. The Labute approximate surface area is 355 Å². The van der Waals surface area contributed by atoms with E-state index in [4.69, 9.17) is 32.4 Å². The number of nitrogens with one attached hydrogen (secondary N) is 1. The zero-order chi connectivity index (χ0) is 43.3. The van der Waals surface area contributed by atoms with E-state index in [9.17, 15) is 69.4 Å². The number of rotatable bonds is 18. The quantitative estimate of drug-likeness (QED) is 0.0373. The van der Waals surface area contributed by atoms with E-state index in [1.54, 1.807) is 0 Å². The molecule has 60 heavy (non-hydrogen) atoms. The second-order valence-electron chi connectivity index (χ2n) is 12.6. The molecular weight excluding hydrogens is 886 g/mol. The molecule has 0 saturated carbocycles. The van der Waals surface area contributed by atoms with Crippen LogP contribution in [0.2, 0.25) is 10.0 Å². The zero-order valence-corrected chi connectivity index (χ0v) is 32.6. The molecule has 3 aromatic rings. The van der Waals surface area contributed by atoms with Crippen molar-refractivity contribution in [3.05, 3.63) is 112 Å². The van der Waals surface area contributed by atoms with Gasteiger partial charge in [-0.2, -0.15) is 0 Å². The van der Waals surface area contributed by atoms with Gasteiger partial charge in [-0.3, -0.25) is 39.5 Å². The number of aliphatic carboxylic acids is 3. The van der Waals surface area contributed by atoms with Crippen LogP contribution in [-0.2, 0) is 30.9 Å². The SMILES string of the molecule is O=C([O-])CN(CC(=O)[O-])C(CCCCNC(=O)c1ccc(C(=O)O)c(-c2c3cc(Cl)c(=O)cc-3oc3cc(Oc4ccc([N+](=O)[O-])cc4[N+](=O)[O-])c(Cl)cc23)c1)C(=O)O.[Ni+2]. The first kappa shape index (κ1) is 46.0. The van der Waals surface area contributed by atoms with Crippen LogP contribution in [0.15, 0.2) is 69.9 Å². The molecule has 1 atom stereocenters. The molecule has 5 rings (SSSR count). The first-order valence-corrected chi connectivity index (χ1v) is 17.6. The molecule has 0 spiro atoms. The molecule has 1 aliphatic carbocycles. The summed E-state index contributed by atoms with van der Waals surface area (Å²) in [5, 5.41) is 67.2. The average Bonchev–Trinajstić information content (AvgIpc) is 3.15. The molecule has 0 fully saturated rings. The Kier molecular flexibility index (Phi) is 14.9. The summed E-state index contributed by atoms with van der Waals surface area (Å²) in [6.45, 7) is -2.00. The first-order valence-electron chi connectivity index (χ1n) is 16.9. The summed E-state index contributed by atoms with van der Waals surface area (Å²) in [5.41, 5.74) is -2.41. The summed E-state index contributed by atoms with van der Waals surface area (Å²) in [7, 11) is 0. The number of carbonyl (C=O) groups is 5. The van der Waals surface area contributed by atoms with E-state index in [0.717, 1.165) is 24.3 Å². The van der Waals surface area contributed by atoms with Gasteiger partial charge in [0.25, 0.3) is 11.6 Å². The van der Waals surface area contributed by atoms with E-state index in [0.29, 0.717) is 11.0 Å². The van der Waals surface area contributed by atoms with E-state index in [1.807, 2.05) is 0 Å². The first-order chi connectivity index (χ1) is 27.9. The molecule has 1 unspecified atom stereocenters. The maximum Gasteiger partial charge on any atom is 2.00 e. The standard InChI is InChI=1S/C37H28Cl2N4O16.Ni/c38-23-11-21-29(13-27(23)44)59-30-14-31(58-28-7-5-18(42(54)55)10-26(28)43(56)57)24(39)12-22(30)34(21)20-9-17(4-6-19(20)36(50)51)35(49)40-8-2-1-3-25(37(52)53)41(15-32(45)46)16-33(47)48;/h4-7,9-14,25H,1-3,8,15-16H2,(H,40,49)(H,45,46)(H,47,48)(H,50,51)(H,52,53);/q;+2/p-2. The van der Waals surface area contributed by atoms with Crippen LogP contribution in [0.4, 0.5) is 11.4 Å². The molecule has 3 N–H and O–H groups in total. The van der Waals surface area contributed by atoms with Crippen LogP contribution in [0.3, 0.4) is 0 Å². The van der Waals surface area contributed by atoms with Crippen LogP contribution < -0.4 is 25.7 Å². The van der Waals surface area contributed by atoms with Crippen molar-refractivity contribution in [3.8, 4) is 33.9 Å². The fraction of sp³-hybridized carbons (Fsp3) is 0.189. The topological polar surface area (TPSA) is 313 Å². The maximum absolute atomic E-state index is 13.4. The number of benzene rings is 4. The molecule has 0 aromatic heterocycles. The van der Waals surface area contributed by atoms with Gasteiger partial charge in [0.05, 0.1) is 43.5 Å². The molecule has 0 saturated heterocycles. The summed E-state index contributed by atoms with van der Waals surface area (Å²) in [6.07, 6.45) is 0.0443. The summed E-state index contributed by atoms with van der Waals surface area (Å²) in [5.74, 6) is -7.80. The Hall–Kier alpha value is -6.67. The number of nitro groups is 2. The van der Waals surface area contributed by atoms with Crippen LogP contribution in [0, 0.1) is 20.2 Å². The smallest absolute Gasteiger partial charge is 0.549 e. The molecule has 2 aliphatic rings. The van der Waals surface area contributed by atoms with E-state index in [2.05, 4.69) is 5.32 Å². The molecular formula is C37H26Cl2N4NiO16. The largest absolute Gasteiger partial charge is 2.00 e. The molecule has 20 nitrogen and oxygen atoms in total. The van der Waals surface area contributed by atoms with E-state index < -0.39 is 81.3 Å². The molecule has 1 amide bonds. The number of unbranched alkanes of at least 4 members (excludes halogenated alkanes) is 1. The summed E-state index contributed by atoms with van der Waals surface area (Å²) in [6, 6.07) is 9.43. The third-order valence-corrected chi connectivity index (χ3v) is 9.35. The van der Waals surface area contributed by atoms with Crippen LogP contribution >= 0.6 is 23.2 Å². The fourth-order valence-corrected chi connectivity index (χ4v) is 6.51. The number of carbonyl (C=O) groups excluding carboxylic acids is 3. The van der Waals surface area contributed by atoms with Gasteiger partial charge >= 0.3 is 34.1 Å². The molecule has 1 aliphatic heterocycles. The van der Waals surface area contributed by atoms with Gasteiger partial charge in [-0.25, -0.2) is 4.79 Å². The molecule has 0 bridgehead atoms. The van der Waals surface area contributed by atoms with Gasteiger partial charge in [0.1, 0.15) is 23.1 Å². The monoisotopic (exact) mass is 910 g/mol. The number of nitro benzene ring substituents is 2. The number of halogens is 2. The molecule has 1 heterocycles. The van der Waals surface area contributed by atoms with Crippen molar-refractivity contribution >= 4 is 75.3 Å². The van der Waals surface area contributed by atoms with Crippen molar-refractivity contribution in [3.63, 3.8) is 0 Å². The minimum absolute atomic E-state index is 0. The van der Waals surface area contributed by atoms with Crippen molar-refractivity contribution in [2.45, 2.75) is 25.3 Å².